The van der Waals surface area contributed by atoms with Crippen LogP contribution in [0.25, 0.3) is 0 Å². The molecule has 0 spiro atoms. The zero-order chi connectivity index (χ0) is 13.8. The highest BCUT2D eigenvalue weighted by atomic mass is 16.4. The molecule has 0 heterocycles. The molecule has 0 radical (unpaired) electrons. The number of rotatable bonds is 6. The van der Waals surface area contributed by atoms with Crippen molar-refractivity contribution in [2.24, 2.45) is 0 Å². The van der Waals surface area contributed by atoms with Crippen molar-refractivity contribution in [3.05, 3.63) is 29.3 Å². The van der Waals surface area contributed by atoms with Gasteiger partial charge in [0.05, 0.1) is 5.56 Å². The van der Waals surface area contributed by atoms with E-state index in [-0.39, 0.29) is 11.5 Å². The van der Waals surface area contributed by atoms with E-state index in [2.05, 4.69) is 10.6 Å². The Bertz CT molecular complexity index is 495. The van der Waals surface area contributed by atoms with Gasteiger partial charge in [-0.05, 0) is 37.5 Å². The summed E-state index contributed by atoms with van der Waals surface area (Å²) in [7, 11) is 0. The number of carboxylic acids is 1. The van der Waals surface area contributed by atoms with E-state index in [4.69, 9.17) is 5.11 Å². The standard InChI is InChI=1S/C14H18N2O3/c1-9-2-5-11(14(18)19)12(8-9)15-7-6-13(17)16-10-3-4-10/h2,5,8,10,15H,3-4,6-7H2,1H3,(H,16,17)(H,18,19). The molecule has 2 rings (SSSR count). The fourth-order valence-electron chi connectivity index (χ4n) is 1.83. The fourth-order valence-corrected chi connectivity index (χ4v) is 1.83. The first-order valence-electron chi connectivity index (χ1n) is 6.43. The first kappa shape index (κ1) is 13.4. The summed E-state index contributed by atoms with van der Waals surface area (Å²) in [5.41, 5.74) is 1.77. The molecule has 1 saturated carbocycles. The van der Waals surface area contributed by atoms with Gasteiger partial charge in [-0.2, -0.15) is 0 Å². The van der Waals surface area contributed by atoms with Crippen LogP contribution in [0.2, 0.25) is 0 Å². The van der Waals surface area contributed by atoms with E-state index in [1.165, 1.54) is 0 Å². The van der Waals surface area contributed by atoms with Crippen LogP contribution in [-0.2, 0) is 4.79 Å². The van der Waals surface area contributed by atoms with Crippen molar-refractivity contribution in [2.45, 2.75) is 32.2 Å². The maximum absolute atomic E-state index is 11.5. The molecule has 3 N–H and O–H groups in total. The van der Waals surface area contributed by atoms with Crippen LogP contribution in [0.15, 0.2) is 18.2 Å². The topological polar surface area (TPSA) is 78.4 Å². The number of amides is 1. The van der Waals surface area contributed by atoms with Crippen LogP contribution in [0.1, 0.15) is 35.2 Å². The Hall–Kier alpha value is -2.04. The molecule has 1 amide bonds. The average Bonchev–Trinajstić information content (AvgIpc) is 3.12. The molecule has 1 fully saturated rings. The Kier molecular flexibility index (Phi) is 4.04. The number of carbonyl (C=O) groups excluding carboxylic acids is 1. The second-order valence-electron chi connectivity index (χ2n) is 4.87. The molecule has 1 aromatic carbocycles. The second kappa shape index (κ2) is 5.73. The summed E-state index contributed by atoms with van der Waals surface area (Å²) in [6.07, 6.45) is 2.49. The Morgan fingerprint density at radius 1 is 1.37 bits per heavy atom. The van der Waals surface area contributed by atoms with Gasteiger partial charge in [0.15, 0.2) is 0 Å². The van der Waals surface area contributed by atoms with Crippen LogP contribution in [0.5, 0.6) is 0 Å². The van der Waals surface area contributed by atoms with E-state index >= 15 is 0 Å². The van der Waals surface area contributed by atoms with E-state index in [9.17, 15) is 9.59 Å². The van der Waals surface area contributed by atoms with Gasteiger partial charge >= 0.3 is 5.97 Å². The van der Waals surface area contributed by atoms with Crippen LogP contribution < -0.4 is 10.6 Å². The lowest BCUT2D eigenvalue weighted by Crippen LogP contribution is -2.27. The Morgan fingerprint density at radius 3 is 2.74 bits per heavy atom. The summed E-state index contributed by atoms with van der Waals surface area (Å²) in [5.74, 6) is -0.954. The zero-order valence-corrected chi connectivity index (χ0v) is 10.9. The van der Waals surface area contributed by atoms with Crippen molar-refractivity contribution < 1.29 is 14.7 Å². The van der Waals surface area contributed by atoms with E-state index in [1.807, 2.05) is 6.92 Å². The van der Waals surface area contributed by atoms with Gasteiger partial charge in [0, 0.05) is 24.7 Å². The van der Waals surface area contributed by atoms with Crippen LogP contribution in [0.4, 0.5) is 5.69 Å². The highest BCUT2D eigenvalue weighted by Gasteiger charge is 2.22. The molecule has 5 nitrogen and oxygen atoms in total. The quantitative estimate of drug-likeness (QED) is 0.730. The largest absolute Gasteiger partial charge is 0.478 e. The molecule has 1 aliphatic rings. The number of nitrogens with one attached hydrogen (secondary N) is 2. The second-order valence-corrected chi connectivity index (χ2v) is 4.87. The monoisotopic (exact) mass is 262 g/mol. The highest BCUT2D eigenvalue weighted by molar-refractivity contribution is 5.94. The Labute approximate surface area is 112 Å². The number of hydrogen-bond donors (Lipinski definition) is 3. The molecule has 5 heteroatoms. The van der Waals surface area contributed by atoms with E-state index < -0.39 is 5.97 Å². The number of carboxylic acid groups (broad SMARTS) is 1. The van der Waals surface area contributed by atoms with Gasteiger partial charge in [0.1, 0.15) is 0 Å². The van der Waals surface area contributed by atoms with Gasteiger partial charge in [-0.3, -0.25) is 4.79 Å². The molecule has 19 heavy (non-hydrogen) atoms. The van der Waals surface area contributed by atoms with Crippen LogP contribution in [-0.4, -0.2) is 29.6 Å². The summed E-state index contributed by atoms with van der Waals surface area (Å²) >= 11 is 0. The van der Waals surface area contributed by atoms with Gasteiger partial charge in [0.2, 0.25) is 5.91 Å². The fraction of sp³-hybridized carbons (Fsp3) is 0.429. The highest BCUT2D eigenvalue weighted by Crippen LogP contribution is 2.19. The third kappa shape index (κ3) is 3.98. The summed E-state index contributed by atoms with van der Waals surface area (Å²) in [5, 5.41) is 15.0. The maximum atomic E-state index is 11.5. The summed E-state index contributed by atoms with van der Waals surface area (Å²) in [6.45, 7) is 2.33. The lowest BCUT2D eigenvalue weighted by Gasteiger charge is -2.10. The molecular weight excluding hydrogens is 244 g/mol. The van der Waals surface area contributed by atoms with Gasteiger partial charge in [-0.1, -0.05) is 6.07 Å². The molecule has 0 atom stereocenters. The normalized spacial score (nSPS) is 13.9. The predicted molar refractivity (Wildman–Crippen MR) is 72.4 cm³/mol. The molecule has 1 aromatic rings. The molecule has 1 aliphatic carbocycles. The molecule has 0 saturated heterocycles. The molecule has 0 bridgehead atoms. The van der Waals surface area contributed by atoms with Crippen molar-refractivity contribution in [3.63, 3.8) is 0 Å². The SMILES string of the molecule is Cc1ccc(C(=O)O)c(NCCC(=O)NC2CC2)c1. The summed E-state index contributed by atoms with van der Waals surface area (Å²) in [6, 6.07) is 5.47. The lowest BCUT2D eigenvalue weighted by molar-refractivity contribution is -0.120. The van der Waals surface area contributed by atoms with Crippen LogP contribution >= 0.6 is 0 Å². The van der Waals surface area contributed by atoms with E-state index in [0.29, 0.717) is 24.7 Å². The smallest absolute Gasteiger partial charge is 0.337 e. The Morgan fingerprint density at radius 2 is 2.11 bits per heavy atom. The number of hydrogen-bond acceptors (Lipinski definition) is 3. The number of carbonyl (C=O) groups is 2. The molecular formula is C14H18N2O3. The summed E-state index contributed by atoms with van der Waals surface area (Å²) in [4.78, 5) is 22.6. The van der Waals surface area contributed by atoms with Crippen molar-refractivity contribution in [1.29, 1.82) is 0 Å². The van der Waals surface area contributed by atoms with Gasteiger partial charge in [-0.15, -0.1) is 0 Å². The average molecular weight is 262 g/mol. The zero-order valence-electron chi connectivity index (χ0n) is 10.9. The molecule has 102 valence electrons. The minimum atomic E-state index is -0.968. The molecule has 0 aliphatic heterocycles. The van der Waals surface area contributed by atoms with Gasteiger partial charge < -0.3 is 15.7 Å². The van der Waals surface area contributed by atoms with Crippen LogP contribution in [0, 0.1) is 6.92 Å². The van der Waals surface area contributed by atoms with Crippen molar-refractivity contribution in [1.82, 2.24) is 5.32 Å². The van der Waals surface area contributed by atoms with Crippen LogP contribution in [0.3, 0.4) is 0 Å². The minimum Gasteiger partial charge on any atom is -0.478 e. The third-order valence-corrected chi connectivity index (χ3v) is 3.02. The predicted octanol–water partition coefficient (Wildman–Crippen LogP) is 1.77. The van der Waals surface area contributed by atoms with Crippen molar-refractivity contribution in [2.75, 3.05) is 11.9 Å². The third-order valence-electron chi connectivity index (χ3n) is 3.02. The molecule has 0 unspecified atom stereocenters. The number of benzene rings is 1. The Balaban J connectivity index is 1.88. The van der Waals surface area contributed by atoms with Crippen molar-refractivity contribution in [3.8, 4) is 0 Å². The first-order chi connectivity index (χ1) is 9.06. The maximum Gasteiger partial charge on any atom is 0.337 e. The van der Waals surface area contributed by atoms with Gasteiger partial charge in [-0.25, -0.2) is 4.79 Å². The van der Waals surface area contributed by atoms with Gasteiger partial charge in [0.25, 0.3) is 0 Å². The van der Waals surface area contributed by atoms with Crippen molar-refractivity contribution >= 4 is 17.6 Å². The number of aromatic carboxylic acids is 1. The number of anilines is 1. The molecule has 0 aromatic heterocycles. The van der Waals surface area contributed by atoms with E-state index in [0.717, 1.165) is 18.4 Å². The number of aryl methyl sites for hydroxylation is 1. The first-order valence-corrected chi connectivity index (χ1v) is 6.43. The lowest BCUT2D eigenvalue weighted by atomic mass is 10.1. The summed E-state index contributed by atoms with van der Waals surface area (Å²) < 4.78 is 0. The minimum absolute atomic E-state index is 0.0135. The van der Waals surface area contributed by atoms with E-state index in [1.54, 1.807) is 18.2 Å².